The van der Waals surface area contributed by atoms with Crippen LogP contribution in [0.1, 0.15) is 81.4 Å². The third kappa shape index (κ3) is 7.05. The maximum atomic E-state index is 11.5. The van der Waals surface area contributed by atoms with Crippen LogP contribution in [0.3, 0.4) is 0 Å². The first kappa shape index (κ1) is 27.9. The first-order chi connectivity index (χ1) is 18.4. The summed E-state index contributed by atoms with van der Waals surface area (Å²) in [6, 6.07) is 20.8. The van der Waals surface area contributed by atoms with Crippen LogP contribution in [-0.2, 0) is 11.3 Å². The van der Waals surface area contributed by atoms with E-state index in [-0.39, 0.29) is 5.91 Å². The van der Waals surface area contributed by atoms with Gasteiger partial charge in [-0.1, -0.05) is 62.4 Å². The molecule has 0 saturated carbocycles. The van der Waals surface area contributed by atoms with Crippen LogP contribution in [0.15, 0.2) is 60.7 Å². The van der Waals surface area contributed by atoms with Gasteiger partial charge in [-0.2, -0.15) is 0 Å². The summed E-state index contributed by atoms with van der Waals surface area (Å²) < 4.78 is 2.40. The van der Waals surface area contributed by atoms with Gasteiger partial charge in [-0.25, -0.2) is 4.98 Å². The number of nitrogens with zero attached hydrogens (tertiary/aromatic N) is 2. The van der Waals surface area contributed by atoms with E-state index in [0.717, 1.165) is 47.0 Å². The van der Waals surface area contributed by atoms with Crippen molar-refractivity contribution in [3.05, 3.63) is 82.4 Å². The summed E-state index contributed by atoms with van der Waals surface area (Å²) in [5.41, 5.74) is 8.15. The Morgan fingerprint density at radius 1 is 0.974 bits per heavy atom. The normalized spacial score (nSPS) is 12.1. The van der Waals surface area contributed by atoms with Crippen LogP contribution < -0.4 is 5.32 Å². The number of nitrogens with one attached hydrogen (secondary N) is 1. The smallest absolute Gasteiger partial charge is 0.221 e. The highest BCUT2D eigenvalue weighted by molar-refractivity contribution is 6.30. The molecule has 1 N–H and O–H groups in total. The Kier molecular flexibility index (Phi) is 9.63. The van der Waals surface area contributed by atoms with E-state index in [1.54, 1.807) is 6.92 Å². The Labute approximate surface area is 232 Å². The number of carbonyl (C=O) groups is 1. The first-order valence-electron chi connectivity index (χ1n) is 14.0. The zero-order valence-electron chi connectivity index (χ0n) is 23.2. The number of aromatic nitrogens is 2. The Morgan fingerprint density at radius 2 is 1.74 bits per heavy atom. The Bertz CT molecular complexity index is 1370. The fraction of sp³-hybridized carbons (Fsp3) is 0.394. The fourth-order valence-corrected chi connectivity index (χ4v) is 5.73. The number of aryl methyl sites for hydroxylation is 3. The van der Waals surface area contributed by atoms with Gasteiger partial charge in [-0.15, -0.1) is 0 Å². The molecule has 0 aliphatic rings. The van der Waals surface area contributed by atoms with Crippen LogP contribution >= 0.6 is 11.6 Å². The highest BCUT2D eigenvalue weighted by Gasteiger charge is 2.15. The van der Waals surface area contributed by atoms with Gasteiger partial charge < -0.3 is 9.88 Å². The van der Waals surface area contributed by atoms with Crippen molar-refractivity contribution in [2.45, 2.75) is 85.1 Å². The lowest BCUT2D eigenvalue weighted by molar-refractivity contribution is -0.114. The number of fused-ring (bicyclic) bond motifs is 1. The van der Waals surface area contributed by atoms with Crippen LogP contribution in [0.5, 0.6) is 0 Å². The SMILES string of the molecule is CCCC(CCCCCCn1c(-c2ccc(Cl)cc2)nc2cc(C)cc(C)c21)c1cccc(NC(C)=O)c1. The van der Waals surface area contributed by atoms with E-state index in [0.29, 0.717) is 5.92 Å². The van der Waals surface area contributed by atoms with Gasteiger partial charge in [0.1, 0.15) is 5.82 Å². The van der Waals surface area contributed by atoms with Crippen molar-refractivity contribution >= 4 is 34.2 Å². The predicted molar refractivity (Wildman–Crippen MR) is 161 cm³/mol. The Hall–Kier alpha value is -3.11. The summed E-state index contributed by atoms with van der Waals surface area (Å²) in [5, 5.41) is 3.67. The van der Waals surface area contributed by atoms with Crippen LogP contribution in [-0.4, -0.2) is 15.5 Å². The van der Waals surface area contributed by atoms with E-state index in [1.807, 2.05) is 18.2 Å². The molecule has 38 heavy (non-hydrogen) atoms. The first-order valence-corrected chi connectivity index (χ1v) is 14.3. The molecule has 1 heterocycles. The van der Waals surface area contributed by atoms with Crippen molar-refractivity contribution in [1.29, 1.82) is 0 Å². The number of hydrogen-bond acceptors (Lipinski definition) is 2. The number of imidazole rings is 1. The maximum Gasteiger partial charge on any atom is 0.221 e. The maximum absolute atomic E-state index is 11.5. The molecule has 4 nitrogen and oxygen atoms in total. The number of unbranched alkanes of at least 4 members (excludes halogenated alkanes) is 3. The highest BCUT2D eigenvalue weighted by atomic mass is 35.5. The molecule has 1 atom stereocenters. The molecule has 3 aromatic carbocycles. The minimum Gasteiger partial charge on any atom is -0.326 e. The summed E-state index contributed by atoms with van der Waals surface area (Å²) in [5.74, 6) is 1.53. The average molecular weight is 530 g/mol. The van der Waals surface area contributed by atoms with Crippen LogP contribution in [0.2, 0.25) is 5.02 Å². The van der Waals surface area contributed by atoms with Crippen molar-refractivity contribution in [3.63, 3.8) is 0 Å². The Morgan fingerprint density at radius 3 is 2.47 bits per heavy atom. The molecule has 1 amide bonds. The predicted octanol–water partition coefficient (Wildman–Crippen LogP) is 9.47. The molecular weight excluding hydrogens is 490 g/mol. The van der Waals surface area contributed by atoms with Crippen molar-refractivity contribution in [2.24, 2.45) is 0 Å². The molecule has 0 aliphatic heterocycles. The molecule has 5 heteroatoms. The summed E-state index contributed by atoms with van der Waals surface area (Å²) in [4.78, 5) is 16.5. The lowest BCUT2D eigenvalue weighted by atomic mass is 9.89. The molecule has 0 saturated heterocycles. The monoisotopic (exact) mass is 529 g/mol. The minimum absolute atomic E-state index is 0.0237. The van der Waals surface area contributed by atoms with Gasteiger partial charge in [0.05, 0.1) is 11.0 Å². The summed E-state index contributed by atoms with van der Waals surface area (Å²) in [7, 11) is 0. The van der Waals surface area contributed by atoms with Crippen LogP contribution in [0.4, 0.5) is 5.69 Å². The summed E-state index contributed by atoms with van der Waals surface area (Å²) in [6.45, 7) is 9.09. The molecule has 4 rings (SSSR count). The third-order valence-electron chi connectivity index (χ3n) is 7.28. The van der Waals surface area contributed by atoms with E-state index >= 15 is 0 Å². The van der Waals surface area contributed by atoms with Gasteiger partial charge in [-0.05, 0) is 98.2 Å². The average Bonchev–Trinajstić information content (AvgIpc) is 3.24. The van der Waals surface area contributed by atoms with E-state index < -0.39 is 0 Å². The van der Waals surface area contributed by atoms with Gasteiger partial charge >= 0.3 is 0 Å². The second-order valence-corrected chi connectivity index (χ2v) is 11.0. The van der Waals surface area contributed by atoms with Gasteiger partial charge in [0, 0.05) is 29.7 Å². The van der Waals surface area contributed by atoms with Crippen LogP contribution in [0.25, 0.3) is 22.4 Å². The van der Waals surface area contributed by atoms with Gasteiger partial charge in [-0.3, -0.25) is 4.79 Å². The van der Waals surface area contributed by atoms with Crippen molar-refractivity contribution in [3.8, 4) is 11.4 Å². The molecule has 0 radical (unpaired) electrons. The van der Waals surface area contributed by atoms with E-state index in [1.165, 1.54) is 54.3 Å². The number of amides is 1. The lowest BCUT2D eigenvalue weighted by Crippen LogP contribution is -2.07. The van der Waals surface area contributed by atoms with Gasteiger partial charge in [0.15, 0.2) is 0 Å². The largest absolute Gasteiger partial charge is 0.326 e. The molecule has 200 valence electrons. The van der Waals surface area contributed by atoms with Crippen molar-refractivity contribution in [2.75, 3.05) is 5.32 Å². The molecular formula is C33H40ClN3O. The molecule has 1 unspecified atom stereocenters. The zero-order chi connectivity index (χ0) is 27.1. The number of hydrogen-bond donors (Lipinski definition) is 1. The summed E-state index contributed by atoms with van der Waals surface area (Å²) in [6.07, 6.45) is 8.25. The second-order valence-electron chi connectivity index (χ2n) is 10.5. The highest BCUT2D eigenvalue weighted by Crippen LogP contribution is 2.31. The van der Waals surface area contributed by atoms with Crippen molar-refractivity contribution < 1.29 is 4.79 Å². The van der Waals surface area contributed by atoms with Crippen LogP contribution in [0, 0.1) is 13.8 Å². The van der Waals surface area contributed by atoms with E-state index in [4.69, 9.17) is 16.6 Å². The number of benzene rings is 3. The molecule has 1 aromatic heterocycles. The molecule has 0 aliphatic carbocycles. The number of carbonyl (C=O) groups excluding carboxylic acids is 1. The molecule has 0 fully saturated rings. The molecule has 4 aromatic rings. The fourth-order valence-electron chi connectivity index (χ4n) is 5.61. The molecule has 0 spiro atoms. The van der Waals surface area contributed by atoms with Gasteiger partial charge in [0.2, 0.25) is 5.91 Å². The van der Waals surface area contributed by atoms with Gasteiger partial charge in [0.25, 0.3) is 0 Å². The standard InChI is InChI=1S/C33H40ClN3O/c1-5-11-26(28-13-10-14-30(22-28)35-25(4)38)12-8-6-7-9-19-37-32-24(3)20-23(2)21-31(32)36-33(37)27-15-17-29(34)18-16-27/h10,13-18,20-22,26H,5-9,11-12,19H2,1-4H3,(H,35,38). The number of anilines is 1. The quantitative estimate of drug-likeness (QED) is 0.186. The Balaban J connectivity index is 1.39. The number of halogens is 1. The third-order valence-corrected chi connectivity index (χ3v) is 7.53. The number of rotatable bonds is 12. The van der Waals surface area contributed by atoms with Crippen molar-refractivity contribution in [1.82, 2.24) is 9.55 Å². The summed E-state index contributed by atoms with van der Waals surface area (Å²) >= 11 is 6.16. The second kappa shape index (κ2) is 13.1. The van der Waals surface area contributed by atoms with E-state index in [2.05, 4.69) is 73.1 Å². The minimum atomic E-state index is -0.0237. The topological polar surface area (TPSA) is 46.9 Å². The molecule has 0 bridgehead atoms. The lowest BCUT2D eigenvalue weighted by Gasteiger charge is -2.18. The zero-order valence-corrected chi connectivity index (χ0v) is 23.9. The van der Waals surface area contributed by atoms with E-state index in [9.17, 15) is 4.79 Å².